The van der Waals surface area contributed by atoms with Crippen molar-refractivity contribution in [1.29, 1.82) is 0 Å². The number of fused-ring (bicyclic) bond motifs is 1. The van der Waals surface area contributed by atoms with Crippen molar-refractivity contribution in [3.05, 3.63) is 71.9 Å². The zero-order chi connectivity index (χ0) is 21.4. The maximum absolute atomic E-state index is 13.8. The molecule has 2 aliphatic rings. The minimum absolute atomic E-state index is 0.0977. The van der Waals surface area contributed by atoms with E-state index >= 15 is 0 Å². The summed E-state index contributed by atoms with van der Waals surface area (Å²) in [5, 5.41) is 0.947. The van der Waals surface area contributed by atoms with Crippen molar-refractivity contribution in [1.82, 2.24) is 14.8 Å². The van der Waals surface area contributed by atoms with Gasteiger partial charge in [-0.05, 0) is 18.1 Å². The van der Waals surface area contributed by atoms with Crippen LogP contribution < -0.4 is 0 Å². The van der Waals surface area contributed by atoms with Gasteiger partial charge in [-0.15, -0.1) is 0 Å². The SMILES string of the molecule is O=C(c1c[nH]c2ccccc12)C(c1ccccc1)N1CCN(C2CCS(=O)(=O)C2)CC1. The van der Waals surface area contributed by atoms with Gasteiger partial charge >= 0.3 is 0 Å². The van der Waals surface area contributed by atoms with Crippen LogP contribution in [0.3, 0.4) is 0 Å². The number of H-pyrrole nitrogens is 1. The second kappa shape index (κ2) is 8.22. The standard InChI is InChI=1S/C24H27N3O3S/c28-24(21-16-25-22-9-5-4-8-20(21)22)23(18-6-2-1-3-7-18)27-13-11-26(12-14-27)19-10-15-31(29,30)17-19/h1-9,16,19,23,25H,10-15,17H2. The number of piperazine rings is 1. The molecule has 5 rings (SSSR count). The second-order valence-electron chi connectivity index (χ2n) is 8.55. The van der Waals surface area contributed by atoms with Crippen LogP contribution >= 0.6 is 0 Å². The van der Waals surface area contributed by atoms with E-state index in [-0.39, 0.29) is 23.6 Å². The third-order valence-corrected chi connectivity index (χ3v) is 8.41. The molecule has 3 aromatic rings. The van der Waals surface area contributed by atoms with E-state index in [1.165, 1.54) is 0 Å². The van der Waals surface area contributed by atoms with Gasteiger partial charge in [0.25, 0.3) is 0 Å². The van der Waals surface area contributed by atoms with E-state index in [4.69, 9.17) is 0 Å². The highest BCUT2D eigenvalue weighted by Gasteiger charge is 2.37. The quantitative estimate of drug-likeness (QED) is 0.622. The van der Waals surface area contributed by atoms with Crippen LogP contribution in [0.1, 0.15) is 28.4 Å². The first-order chi connectivity index (χ1) is 15.0. The molecule has 2 aromatic carbocycles. The first-order valence-corrected chi connectivity index (χ1v) is 12.7. The van der Waals surface area contributed by atoms with E-state index in [0.717, 1.165) is 49.1 Å². The molecule has 0 radical (unpaired) electrons. The minimum Gasteiger partial charge on any atom is -0.360 e. The van der Waals surface area contributed by atoms with Crippen molar-refractivity contribution < 1.29 is 13.2 Å². The summed E-state index contributed by atoms with van der Waals surface area (Å²) in [7, 11) is -2.89. The van der Waals surface area contributed by atoms with Gasteiger partial charge in [-0.1, -0.05) is 48.5 Å². The molecular formula is C24H27N3O3S. The zero-order valence-corrected chi connectivity index (χ0v) is 18.2. The number of aromatic nitrogens is 1. The van der Waals surface area contributed by atoms with Crippen molar-refractivity contribution in [2.45, 2.75) is 18.5 Å². The van der Waals surface area contributed by atoms with Crippen LogP contribution in [-0.4, -0.2) is 72.7 Å². The number of Topliss-reactive ketones (excluding diaryl/α,β-unsaturated/α-hetero) is 1. The molecule has 0 bridgehead atoms. The molecule has 1 N–H and O–H groups in total. The second-order valence-corrected chi connectivity index (χ2v) is 10.8. The summed E-state index contributed by atoms with van der Waals surface area (Å²) in [5.41, 5.74) is 2.67. The maximum atomic E-state index is 13.8. The Morgan fingerprint density at radius 3 is 2.39 bits per heavy atom. The van der Waals surface area contributed by atoms with E-state index in [1.54, 1.807) is 0 Å². The number of sulfone groups is 1. The Kier molecular flexibility index (Phi) is 5.42. The lowest BCUT2D eigenvalue weighted by Gasteiger charge is -2.40. The summed E-state index contributed by atoms with van der Waals surface area (Å²) >= 11 is 0. The lowest BCUT2D eigenvalue weighted by Crippen LogP contribution is -2.52. The van der Waals surface area contributed by atoms with Crippen LogP contribution in [0.4, 0.5) is 0 Å². The molecule has 2 unspecified atom stereocenters. The Bertz CT molecular complexity index is 1180. The van der Waals surface area contributed by atoms with Gasteiger partial charge in [0.2, 0.25) is 0 Å². The van der Waals surface area contributed by atoms with Gasteiger partial charge in [-0.25, -0.2) is 8.42 Å². The van der Waals surface area contributed by atoms with Gasteiger partial charge in [-0.2, -0.15) is 0 Å². The Balaban J connectivity index is 1.40. The highest BCUT2D eigenvalue weighted by atomic mass is 32.2. The third-order valence-electron chi connectivity index (χ3n) is 6.66. The van der Waals surface area contributed by atoms with Crippen molar-refractivity contribution in [2.75, 3.05) is 37.7 Å². The predicted molar refractivity (Wildman–Crippen MR) is 122 cm³/mol. The lowest BCUT2D eigenvalue weighted by molar-refractivity contribution is 0.0589. The topological polar surface area (TPSA) is 73.5 Å². The predicted octanol–water partition coefficient (Wildman–Crippen LogP) is 2.90. The van der Waals surface area contributed by atoms with Gasteiger partial charge in [-0.3, -0.25) is 14.6 Å². The molecule has 3 heterocycles. The molecule has 1 aromatic heterocycles. The summed E-state index contributed by atoms with van der Waals surface area (Å²) in [5.74, 6) is 0.660. The number of aromatic amines is 1. The van der Waals surface area contributed by atoms with Gasteiger partial charge < -0.3 is 4.98 Å². The molecule has 0 aliphatic carbocycles. The van der Waals surface area contributed by atoms with Crippen LogP contribution in [-0.2, 0) is 9.84 Å². The monoisotopic (exact) mass is 437 g/mol. The van der Waals surface area contributed by atoms with E-state index in [0.29, 0.717) is 11.3 Å². The molecule has 7 heteroatoms. The van der Waals surface area contributed by atoms with Crippen molar-refractivity contribution >= 4 is 26.5 Å². The fourth-order valence-electron chi connectivity index (χ4n) is 5.01. The number of nitrogens with zero attached hydrogens (tertiary/aromatic N) is 2. The molecule has 2 fully saturated rings. The molecule has 0 saturated carbocycles. The van der Waals surface area contributed by atoms with E-state index in [2.05, 4.69) is 14.8 Å². The molecule has 6 nitrogen and oxygen atoms in total. The van der Waals surface area contributed by atoms with Crippen molar-refractivity contribution in [2.24, 2.45) is 0 Å². The number of para-hydroxylation sites is 1. The molecular weight excluding hydrogens is 410 g/mol. The van der Waals surface area contributed by atoms with Gasteiger partial charge in [0.15, 0.2) is 15.6 Å². The fraction of sp³-hybridized carbons (Fsp3) is 0.375. The fourth-order valence-corrected chi connectivity index (χ4v) is 6.77. The summed E-state index contributed by atoms with van der Waals surface area (Å²) < 4.78 is 23.8. The zero-order valence-electron chi connectivity index (χ0n) is 17.4. The van der Waals surface area contributed by atoms with Crippen LogP contribution in [0.5, 0.6) is 0 Å². The van der Waals surface area contributed by atoms with Crippen molar-refractivity contribution in [3.63, 3.8) is 0 Å². The summed E-state index contributed by atoms with van der Waals surface area (Å²) in [6.07, 6.45) is 2.54. The molecule has 162 valence electrons. The number of hydrogen-bond acceptors (Lipinski definition) is 5. The van der Waals surface area contributed by atoms with Crippen molar-refractivity contribution in [3.8, 4) is 0 Å². The van der Waals surface area contributed by atoms with E-state index in [1.807, 2.05) is 60.8 Å². The van der Waals surface area contributed by atoms with E-state index in [9.17, 15) is 13.2 Å². The van der Waals surface area contributed by atoms with E-state index < -0.39 is 9.84 Å². The summed E-state index contributed by atoms with van der Waals surface area (Å²) in [6.45, 7) is 3.05. The molecule has 31 heavy (non-hydrogen) atoms. The molecule has 2 aliphatic heterocycles. The van der Waals surface area contributed by atoms with Gasteiger partial charge in [0.05, 0.1) is 17.5 Å². The smallest absolute Gasteiger partial charge is 0.186 e. The first kappa shape index (κ1) is 20.4. The largest absolute Gasteiger partial charge is 0.360 e. The average Bonchev–Trinajstić information content (AvgIpc) is 3.38. The number of carbonyl (C=O) groups is 1. The summed E-state index contributed by atoms with van der Waals surface area (Å²) in [6, 6.07) is 17.6. The minimum atomic E-state index is -2.89. The first-order valence-electron chi connectivity index (χ1n) is 10.9. The van der Waals surface area contributed by atoms with Crippen LogP contribution in [0.15, 0.2) is 60.8 Å². The molecule has 0 amide bonds. The van der Waals surface area contributed by atoms with Gasteiger partial charge in [0.1, 0.15) is 0 Å². The summed E-state index contributed by atoms with van der Waals surface area (Å²) in [4.78, 5) is 21.6. The maximum Gasteiger partial charge on any atom is 0.186 e. The number of hydrogen-bond donors (Lipinski definition) is 1. The number of ketones is 1. The van der Waals surface area contributed by atoms with Crippen LogP contribution in [0.25, 0.3) is 10.9 Å². The normalized spacial score (nSPS) is 23.2. The van der Waals surface area contributed by atoms with Crippen LogP contribution in [0, 0.1) is 0 Å². The molecule has 2 atom stereocenters. The van der Waals surface area contributed by atoms with Gasteiger partial charge in [0, 0.05) is 54.9 Å². The molecule has 2 saturated heterocycles. The third kappa shape index (κ3) is 4.05. The average molecular weight is 438 g/mol. The Morgan fingerprint density at radius 1 is 0.968 bits per heavy atom. The highest BCUT2D eigenvalue weighted by molar-refractivity contribution is 7.91. The molecule has 0 spiro atoms. The Morgan fingerprint density at radius 2 is 1.68 bits per heavy atom. The Labute approximate surface area is 182 Å². The Hall–Kier alpha value is -2.48. The number of benzene rings is 2. The number of nitrogens with one attached hydrogen (secondary N) is 1. The lowest BCUT2D eigenvalue weighted by atomic mass is 9.95. The number of carbonyl (C=O) groups excluding carboxylic acids is 1. The van der Waals surface area contributed by atoms with Crippen LogP contribution in [0.2, 0.25) is 0 Å². The number of rotatable bonds is 5. The highest BCUT2D eigenvalue weighted by Crippen LogP contribution is 2.30.